The summed E-state index contributed by atoms with van der Waals surface area (Å²) >= 11 is 0. The number of ether oxygens (including phenoxy) is 1. The Bertz CT molecular complexity index is 973. The average molecular weight is 379 g/mol. The lowest BCUT2D eigenvalue weighted by Crippen LogP contribution is -2.26. The van der Waals surface area contributed by atoms with Gasteiger partial charge in [-0.1, -0.05) is 12.1 Å². The number of halogens is 3. The molecule has 27 heavy (non-hydrogen) atoms. The predicted molar refractivity (Wildman–Crippen MR) is 92.4 cm³/mol. The number of alkyl halides is 3. The molecule has 9 heteroatoms. The molecule has 1 aromatic carbocycles. The monoisotopic (exact) mass is 379 g/mol. The highest BCUT2D eigenvalue weighted by Crippen LogP contribution is 2.36. The van der Waals surface area contributed by atoms with Gasteiger partial charge in [0.05, 0.1) is 30.0 Å². The van der Waals surface area contributed by atoms with Crippen molar-refractivity contribution in [3.8, 4) is 11.9 Å². The molecule has 0 atom stereocenters. The van der Waals surface area contributed by atoms with Crippen LogP contribution in [0.5, 0.6) is 5.88 Å². The third-order valence-corrected chi connectivity index (χ3v) is 3.91. The zero-order valence-corrected chi connectivity index (χ0v) is 14.5. The molecule has 0 fully saturated rings. The highest BCUT2D eigenvalue weighted by molar-refractivity contribution is 5.87. The molecule has 0 bridgehead atoms. The Labute approximate surface area is 152 Å². The minimum absolute atomic E-state index is 0.0146. The number of hydrogen-bond acceptors (Lipinski definition) is 5. The van der Waals surface area contributed by atoms with E-state index in [4.69, 9.17) is 4.74 Å². The highest BCUT2D eigenvalue weighted by atomic mass is 19.4. The van der Waals surface area contributed by atoms with Gasteiger partial charge in [0.2, 0.25) is 5.88 Å². The number of aromatic hydroxyl groups is 1. The van der Waals surface area contributed by atoms with E-state index in [-0.39, 0.29) is 35.5 Å². The number of aromatic nitrogens is 1. The van der Waals surface area contributed by atoms with Crippen molar-refractivity contribution in [3.05, 3.63) is 56.9 Å². The molecule has 0 aliphatic carbocycles. The number of para-hydroxylation sites is 1. The molecule has 0 spiro atoms. The average Bonchev–Trinajstić information content (AvgIpc) is 2.61. The van der Waals surface area contributed by atoms with E-state index < -0.39 is 23.2 Å². The maximum atomic E-state index is 13.1. The normalized spacial score (nSPS) is 11.7. The fourth-order valence-corrected chi connectivity index (χ4v) is 2.48. The molecule has 0 saturated heterocycles. The number of hydrogen-bond donors (Lipinski definition) is 1. The Morgan fingerprint density at radius 2 is 2.04 bits per heavy atom. The van der Waals surface area contributed by atoms with Gasteiger partial charge in [0.1, 0.15) is 11.6 Å². The fourth-order valence-electron chi connectivity index (χ4n) is 2.48. The van der Waals surface area contributed by atoms with E-state index in [1.54, 1.807) is 6.07 Å². The van der Waals surface area contributed by atoms with E-state index in [0.29, 0.717) is 0 Å². The van der Waals surface area contributed by atoms with Crippen LogP contribution in [-0.2, 0) is 17.5 Å². The first-order chi connectivity index (χ1) is 12.7. The van der Waals surface area contributed by atoms with E-state index in [1.165, 1.54) is 32.2 Å². The van der Waals surface area contributed by atoms with Crippen LogP contribution in [0.15, 0.2) is 34.1 Å². The molecule has 0 unspecified atom stereocenters. The van der Waals surface area contributed by atoms with Gasteiger partial charge in [0, 0.05) is 13.3 Å². The maximum absolute atomic E-state index is 13.1. The summed E-state index contributed by atoms with van der Waals surface area (Å²) in [4.78, 5) is 16.1. The fraction of sp³-hybridized carbons (Fsp3) is 0.278. The lowest BCUT2D eigenvalue weighted by molar-refractivity contribution is -0.137. The molecule has 2 rings (SSSR count). The number of nitriles is 1. The number of pyridine rings is 1. The summed E-state index contributed by atoms with van der Waals surface area (Å²) in [7, 11) is 1.40. The van der Waals surface area contributed by atoms with Crippen molar-refractivity contribution in [1.29, 1.82) is 5.26 Å². The van der Waals surface area contributed by atoms with E-state index in [0.717, 1.165) is 16.8 Å². The van der Waals surface area contributed by atoms with Crippen LogP contribution in [-0.4, -0.2) is 29.6 Å². The smallest absolute Gasteiger partial charge is 0.418 e. The minimum atomic E-state index is -4.60. The molecule has 0 aliphatic heterocycles. The third kappa shape index (κ3) is 4.17. The number of nitrogens with zero attached hydrogens (tertiary/aromatic N) is 3. The summed E-state index contributed by atoms with van der Waals surface area (Å²) in [6.07, 6.45) is -3.58. The van der Waals surface area contributed by atoms with Crippen LogP contribution in [0.1, 0.15) is 22.3 Å². The SMILES string of the molecule is COCCn1c(O)c(C=Nc2ccccc2C(F)(F)F)c(C)c(C#N)c1=O. The second kappa shape index (κ2) is 8.05. The van der Waals surface area contributed by atoms with Crippen LogP contribution < -0.4 is 5.56 Å². The molecule has 142 valence electrons. The molecule has 2 aromatic rings. The molecule has 6 nitrogen and oxygen atoms in total. The van der Waals surface area contributed by atoms with Crippen LogP contribution >= 0.6 is 0 Å². The maximum Gasteiger partial charge on any atom is 0.418 e. The number of methoxy groups -OCH3 is 1. The van der Waals surface area contributed by atoms with Crippen LogP contribution in [0, 0.1) is 18.3 Å². The van der Waals surface area contributed by atoms with Gasteiger partial charge in [0.15, 0.2) is 0 Å². The van der Waals surface area contributed by atoms with Gasteiger partial charge in [-0.25, -0.2) is 0 Å². The van der Waals surface area contributed by atoms with Gasteiger partial charge in [-0.05, 0) is 24.6 Å². The Hall–Kier alpha value is -3.12. The van der Waals surface area contributed by atoms with Crippen molar-refractivity contribution in [2.45, 2.75) is 19.6 Å². The molecule has 0 radical (unpaired) electrons. The van der Waals surface area contributed by atoms with E-state index in [2.05, 4.69) is 4.99 Å². The van der Waals surface area contributed by atoms with Gasteiger partial charge >= 0.3 is 6.18 Å². The van der Waals surface area contributed by atoms with Crippen LogP contribution in [0.25, 0.3) is 0 Å². The van der Waals surface area contributed by atoms with Gasteiger partial charge in [-0.15, -0.1) is 0 Å². The summed E-state index contributed by atoms with van der Waals surface area (Å²) in [6.45, 7) is 1.47. The van der Waals surface area contributed by atoms with Crippen molar-refractivity contribution in [1.82, 2.24) is 4.57 Å². The standard InChI is InChI=1S/C18H16F3N3O3/c1-11-12(9-22)16(25)24(7-8-27-2)17(26)13(11)10-23-15-6-4-3-5-14(15)18(19,20)21/h3-6,10,26H,7-8H2,1-2H3. The van der Waals surface area contributed by atoms with Gasteiger partial charge < -0.3 is 9.84 Å². The third-order valence-electron chi connectivity index (χ3n) is 3.91. The largest absolute Gasteiger partial charge is 0.494 e. The van der Waals surface area contributed by atoms with Crippen LogP contribution in [0.2, 0.25) is 0 Å². The lowest BCUT2D eigenvalue weighted by Gasteiger charge is -2.14. The molecule has 1 N–H and O–H groups in total. The zero-order valence-electron chi connectivity index (χ0n) is 14.5. The van der Waals surface area contributed by atoms with Crippen molar-refractivity contribution < 1.29 is 23.0 Å². The Morgan fingerprint density at radius 3 is 2.63 bits per heavy atom. The first-order valence-electron chi connectivity index (χ1n) is 7.78. The first kappa shape index (κ1) is 20.2. The molecular formula is C18H16F3N3O3. The molecule has 1 aromatic heterocycles. The van der Waals surface area contributed by atoms with E-state index in [1.807, 2.05) is 0 Å². The Kier molecular flexibility index (Phi) is 6.02. The summed E-state index contributed by atoms with van der Waals surface area (Å²) in [5.41, 5.74) is -2.11. The molecule has 0 amide bonds. The summed E-state index contributed by atoms with van der Waals surface area (Å²) < 4.78 is 45.0. The molecule has 0 aliphatic rings. The first-order valence-corrected chi connectivity index (χ1v) is 7.78. The van der Waals surface area contributed by atoms with Gasteiger partial charge in [-0.3, -0.25) is 14.4 Å². The lowest BCUT2D eigenvalue weighted by atomic mass is 10.1. The van der Waals surface area contributed by atoms with Crippen molar-refractivity contribution in [2.24, 2.45) is 4.99 Å². The second-order valence-electron chi connectivity index (χ2n) is 5.57. The highest BCUT2D eigenvalue weighted by Gasteiger charge is 2.33. The second-order valence-corrected chi connectivity index (χ2v) is 5.57. The Morgan fingerprint density at radius 1 is 1.37 bits per heavy atom. The van der Waals surface area contributed by atoms with E-state index >= 15 is 0 Å². The van der Waals surface area contributed by atoms with Crippen LogP contribution in [0.3, 0.4) is 0 Å². The quantitative estimate of drug-likeness (QED) is 0.809. The van der Waals surface area contributed by atoms with E-state index in [9.17, 15) is 28.3 Å². The number of rotatable bonds is 5. The number of aliphatic imine (C=N–C) groups is 1. The number of benzene rings is 1. The van der Waals surface area contributed by atoms with Gasteiger partial charge in [0.25, 0.3) is 5.56 Å². The summed E-state index contributed by atoms with van der Waals surface area (Å²) in [6, 6.07) is 6.46. The molecular weight excluding hydrogens is 363 g/mol. The van der Waals surface area contributed by atoms with Crippen molar-refractivity contribution in [3.63, 3.8) is 0 Å². The molecule has 1 heterocycles. The zero-order chi connectivity index (χ0) is 20.2. The molecule has 0 saturated carbocycles. The topological polar surface area (TPSA) is 87.6 Å². The summed E-state index contributed by atoms with van der Waals surface area (Å²) in [5, 5.41) is 19.6. The summed E-state index contributed by atoms with van der Waals surface area (Å²) in [5.74, 6) is -0.498. The van der Waals surface area contributed by atoms with Crippen LogP contribution in [0.4, 0.5) is 18.9 Å². The van der Waals surface area contributed by atoms with Crippen molar-refractivity contribution >= 4 is 11.9 Å². The Balaban J connectivity index is 2.62. The van der Waals surface area contributed by atoms with Gasteiger partial charge in [-0.2, -0.15) is 18.4 Å². The van der Waals surface area contributed by atoms with Crippen molar-refractivity contribution in [2.75, 3.05) is 13.7 Å². The predicted octanol–water partition coefficient (Wildman–Crippen LogP) is 3.15. The minimum Gasteiger partial charge on any atom is -0.494 e.